The maximum atomic E-state index is 13.1. The number of carbonyl (C=O) groups excluding carboxylic acids is 1. The number of hydrogen-bond donors (Lipinski definition) is 1. The van der Waals surface area contributed by atoms with Crippen LogP contribution in [-0.2, 0) is 21.4 Å². The molecule has 0 aliphatic heterocycles. The largest absolute Gasteiger partial charge is 0.325 e. The van der Waals surface area contributed by atoms with Gasteiger partial charge in [0.15, 0.2) is 0 Å². The van der Waals surface area contributed by atoms with Gasteiger partial charge in [-0.25, -0.2) is 8.42 Å². The van der Waals surface area contributed by atoms with Crippen LogP contribution in [0.1, 0.15) is 5.56 Å². The van der Waals surface area contributed by atoms with Crippen LogP contribution >= 0.6 is 34.8 Å². The third-order valence-electron chi connectivity index (χ3n) is 4.07. The van der Waals surface area contributed by atoms with Crippen molar-refractivity contribution < 1.29 is 13.2 Å². The van der Waals surface area contributed by atoms with Gasteiger partial charge in [0.05, 0.1) is 16.6 Å². The molecule has 1 amide bonds. The van der Waals surface area contributed by atoms with Crippen molar-refractivity contribution in [3.63, 3.8) is 0 Å². The van der Waals surface area contributed by atoms with Crippen molar-refractivity contribution in [2.45, 2.75) is 11.4 Å². The second-order valence-electron chi connectivity index (χ2n) is 6.27. The SMILES string of the molecule is O=C(CN(Cc1ccc(Cl)cc1)S(=O)(=O)c1cccnc1)Nc1ccc(Cl)c(Cl)c1. The van der Waals surface area contributed by atoms with Crippen molar-refractivity contribution in [2.75, 3.05) is 11.9 Å². The van der Waals surface area contributed by atoms with E-state index in [-0.39, 0.29) is 16.5 Å². The normalized spacial score (nSPS) is 11.5. The maximum Gasteiger partial charge on any atom is 0.245 e. The summed E-state index contributed by atoms with van der Waals surface area (Å²) >= 11 is 17.8. The smallest absolute Gasteiger partial charge is 0.245 e. The molecule has 156 valence electrons. The summed E-state index contributed by atoms with van der Waals surface area (Å²) in [5, 5.41) is 3.78. The number of hydrogen-bond acceptors (Lipinski definition) is 4. The molecule has 0 radical (unpaired) electrons. The molecule has 0 fully saturated rings. The lowest BCUT2D eigenvalue weighted by Gasteiger charge is -2.22. The Kier molecular flexibility index (Phi) is 7.33. The van der Waals surface area contributed by atoms with Gasteiger partial charge in [-0.3, -0.25) is 9.78 Å². The maximum absolute atomic E-state index is 13.1. The number of nitrogens with one attached hydrogen (secondary N) is 1. The Balaban J connectivity index is 1.85. The van der Waals surface area contributed by atoms with E-state index in [9.17, 15) is 13.2 Å². The summed E-state index contributed by atoms with van der Waals surface area (Å²) in [7, 11) is -3.98. The van der Waals surface area contributed by atoms with Crippen LogP contribution in [0, 0.1) is 0 Å². The minimum atomic E-state index is -3.98. The average molecular weight is 485 g/mol. The minimum Gasteiger partial charge on any atom is -0.325 e. The van der Waals surface area contributed by atoms with Crippen molar-refractivity contribution in [1.29, 1.82) is 0 Å². The molecule has 0 aliphatic rings. The van der Waals surface area contributed by atoms with E-state index in [1.54, 1.807) is 30.3 Å². The molecular formula is C20H16Cl3N3O3S. The van der Waals surface area contributed by atoms with Gasteiger partial charge in [-0.15, -0.1) is 0 Å². The van der Waals surface area contributed by atoms with Crippen LogP contribution in [0.3, 0.4) is 0 Å². The summed E-state index contributed by atoms with van der Waals surface area (Å²) in [5.74, 6) is -0.533. The Bertz CT molecular complexity index is 1140. The molecule has 0 saturated heterocycles. The molecule has 6 nitrogen and oxygen atoms in total. The van der Waals surface area contributed by atoms with Crippen LogP contribution in [0.15, 0.2) is 71.9 Å². The van der Waals surface area contributed by atoms with Gasteiger partial charge in [0.2, 0.25) is 15.9 Å². The monoisotopic (exact) mass is 483 g/mol. The molecule has 0 spiro atoms. The fourth-order valence-electron chi connectivity index (χ4n) is 2.60. The Hall–Kier alpha value is -2.16. The van der Waals surface area contributed by atoms with Crippen molar-refractivity contribution in [2.24, 2.45) is 0 Å². The second-order valence-corrected chi connectivity index (χ2v) is 9.45. The highest BCUT2D eigenvalue weighted by Gasteiger charge is 2.27. The Morgan fingerprint density at radius 1 is 1.00 bits per heavy atom. The number of pyridine rings is 1. The van der Waals surface area contributed by atoms with Crippen molar-refractivity contribution in [3.8, 4) is 0 Å². The highest BCUT2D eigenvalue weighted by atomic mass is 35.5. The first-order chi connectivity index (χ1) is 14.3. The molecule has 10 heteroatoms. The van der Waals surface area contributed by atoms with Gasteiger partial charge in [-0.2, -0.15) is 4.31 Å². The van der Waals surface area contributed by atoms with E-state index in [4.69, 9.17) is 34.8 Å². The van der Waals surface area contributed by atoms with Gasteiger partial charge in [-0.1, -0.05) is 46.9 Å². The number of anilines is 1. The molecule has 0 bridgehead atoms. The van der Waals surface area contributed by atoms with Gasteiger partial charge < -0.3 is 5.32 Å². The summed E-state index contributed by atoms with van der Waals surface area (Å²) in [4.78, 5) is 16.5. The number of amides is 1. The molecular weight excluding hydrogens is 469 g/mol. The van der Waals surface area contributed by atoms with Crippen molar-refractivity contribution >= 4 is 56.4 Å². The lowest BCUT2D eigenvalue weighted by Crippen LogP contribution is -2.37. The highest BCUT2D eigenvalue weighted by molar-refractivity contribution is 7.89. The van der Waals surface area contributed by atoms with Crippen LogP contribution in [0.2, 0.25) is 15.1 Å². The first-order valence-electron chi connectivity index (χ1n) is 8.65. The van der Waals surface area contributed by atoms with E-state index in [0.717, 1.165) is 4.31 Å². The lowest BCUT2D eigenvalue weighted by atomic mass is 10.2. The third kappa shape index (κ3) is 5.71. The van der Waals surface area contributed by atoms with Crippen molar-refractivity contribution in [3.05, 3.63) is 87.6 Å². The second kappa shape index (κ2) is 9.76. The van der Waals surface area contributed by atoms with Gasteiger partial charge >= 0.3 is 0 Å². The molecule has 30 heavy (non-hydrogen) atoms. The molecule has 1 N–H and O–H groups in total. The van der Waals surface area contributed by atoms with Crippen LogP contribution in [-0.4, -0.2) is 30.2 Å². The fourth-order valence-corrected chi connectivity index (χ4v) is 4.38. The Morgan fingerprint density at radius 3 is 2.37 bits per heavy atom. The summed E-state index contributed by atoms with van der Waals surface area (Å²) in [6, 6.07) is 14.2. The predicted molar refractivity (Wildman–Crippen MR) is 118 cm³/mol. The third-order valence-corrected chi connectivity index (χ3v) is 6.83. The zero-order valence-corrected chi connectivity index (χ0v) is 18.5. The molecule has 0 atom stereocenters. The molecule has 1 heterocycles. The lowest BCUT2D eigenvalue weighted by molar-refractivity contribution is -0.116. The number of sulfonamides is 1. The van der Waals surface area contributed by atoms with Crippen LogP contribution in [0.25, 0.3) is 0 Å². The zero-order valence-electron chi connectivity index (χ0n) is 15.4. The van der Waals surface area contributed by atoms with Gasteiger partial charge in [-0.05, 0) is 48.0 Å². The Morgan fingerprint density at radius 2 is 1.73 bits per heavy atom. The van der Waals surface area contributed by atoms with E-state index in [2.05, 4.69) is 10.3 Å². The summed E-state index contributed by atoms with van der Waals surface area (Å²) in [6.45, 7) is -0.441. The number of nitrogens with zero attached hydrogens (tertiary/aromatic N) is 2. The molecule has 3 aromatic rings. The molecule has 2 aromatic carbocycles. The van der Waals surface area contributed by atoms with Crippen LogP contribution in [0.4, 0.5) is 5.69 Å². The average Bonchev–Trinajstić information content (AvgIpc) is 2.72. The summed E-state index contributed by atoms with van der Waals surface area (Å²) in [6.07, 6.45) is 2.71. The molecule has 3 rings (SSSR count). The zero-order chi connectivity index (χ0) is 21.7. The summed E-state index contributed by atoms with van der Waals surface area (Å²) < 4.78 is 27.3. The standard InChI is InChI=1S/C20H16Cl3N3O3S/c21-15-5-3-14(4-6-15)12-26(30(28,29)17-2-1-9-24-11-17)13-20(27)25-16-7-8-18(22)19(23)10-16/h1-11H,12-13H2,(H,25,27). The molecule has 0 saturated carbocycles. The fraction of sp³-hybridized carbons (Fsp3) is 0.100. The van der Waals surface area contributed by atoms with Gasteiger partial charge in [0.1, 0.15) is 4.90 Å². The topological polar surface area (TPSA) is 79.4 Å². The van der Waals surface area contributed by atoms with E-state index < -0.39 is 22.5 Å². The Labute approximate surface area is 189 Å². The van der Waals surface area contributed by atoms with E-state index in [0.29, 0.717) is 21.3 Å². The number of halogens is 3. The van der Waals surface area contributed by atoms with E-state index in [1.807, 2.05) is 0 Å². The quantitative estimate of drug-likeness (QED) is 0.519. The predicted octanol–water partition coefficient (Wildman–Crippen LogP) is 4.87. The molecule has 0 aliphatic carbocycles. The van der Waals surface area contributed by atoms with E-state index in [1.165, 1.54) is 36.7 Å². The first kappa shape index (κ1) is 22.5. The minimum absolute atomic E-state index is 0.0127. The molecule has 0 unspecified atom stereocenters. The summed E-state index contributed by atoms with van der Waals surface area (Å²) in [5.41, 5.74) is 1.08. The number of carbonyl (C=O) groups is 1. The number of rotatable bonds is 7. The highest BCUT2D eigenvalue weighted by Crippen LogP contribution is 2.25. The van der Waals surface area contributed by atoms with Crippen LogP contribution < -0.4 is 5.32 Å². The van der Waals surface area contributed by atoms with Crippen LogP contribution in [0.5, 0.6) is 0 Å². The van der Waals surface area contributed by atoms with Gasteiger partial charge in [0, 0.05) is 29.6 Å². The number of aromatic nitrogens is 1. The number of benzene rings is 2. The van der Waals surface area contributed by atoms with Gasteiger partial charge in [0.25, 0.3) is 0 Å². The first-order valence-corrected chi connectivity index (χ1v) is 11.2. The molecule has 1 aromatic heterocycles. The van der Waals surface area contributed by atoms with E-state index >= 15 is 0 Å². The van der Waals surface area contributed by atoms with Crippen molar-refractivity contribution in [1.82, 2.24) is 9.29 Å².